The lowest BCUT2D eigenvalue weighted by Gasteiger charge is -2.11. The molecular weight excluding hydrogens is 512 g/mol. The van der Waals surface area contributed by atoms with Crippen molar-refractivity contribution in [3.05, 3.63) is 110 Å². The number of nitrogens with zero attached hydrogens (tertiary/aromatic N) is 4. The van der Waals surface area contributed by atoms with E-state index >= 15 is 0 Å². The summed E-state index contributed by atoms with van der Waals surface area (Å²) >= 11 is 9.86. The number of aromatic nitrogens is 3. The lowest BCUT2D eigenvalue weighted by atomic mass is 10.2. The van der Waals surface area contributed by atoms with Crippen molar-refractivity contribution in [1.82, 2.24) is 14.2 Å². The molecule has 0 aliphatic heterocycles. The first-order chi connectivity index (χ1) is 16.4. The monoisotopic (exact) mass is 532 g/mol. The minimum atomic E-state index is -0.189. The van der Waals surface area contributed by atoms with E-state index in [1.807, 2.05) is 68.6 Å². The third kappa shape index (κ3) is 4.19. The van der Waals surface area contributed by atoms with E-state index in [4.69, 9.17) is 16.6 Å². The van der Waals surface area contributed by atoms with Gasteiger partial charge in [0.1, 0.15) is 5.82 Å². The highest BCUT2D eigenvalue weighted by Gasteiger charge is 2.14. The van der Waals surface area contributed by atoms with E-state index in [1.165, 1.54) is 4.68 Å². The predicted molar refractivity (Wildman–Crippen MR) is 143 cm³/mol. The third-order valence-corrected chi connectivity index (χ3v) is 6.64. The summed E-state index contributed by atoms with van der Waals surface area (Å²) in [6.45, 7) is 4.65. The van der Waals surface area contributed by atoms with Crippen molar-refractivity contribution in [3.8, 4) is 0 Å². The molecule has 5 nitrogen and oxygen atoms in total. The lowest BCUT2D eigenvalue weighted by molar-refractivity contribution is 0.665. The first kappa shape index (κ1) is 22.6. The van der Waals surface area contributed by atoms with Crippen molar-refractivity contribution in [2.24, 2.45) is 5.10 Å². The van der Waals surface area contributed by atoms with E-state index in [-0.39, 0.29) is 11.5 Å². The summed E-state index contributed by atoms with van der Waals surface area (Å²) in [6, 6.07) is 21.5. The Labute approximate surface area is 210 Å². The minimum Gasteiger partial charge on any atom is -0.342 e. The maximum Gasteiger partial charge on any atom is 0.282 e. The van der Waals surface area contributed by atoms with Crippen molar-refractivity contribution in [2.45, 2.75) is 26.3 Å². The highest BCUT2D eigenvalue weighted by molar-refractivity contribution is 9.10. The van der Waals surface area contributed by atoms with Gasteiger partial charge in [-0.1, -0.05) is 77.8 Å². The summed E-state index contributed by atoms with van der Waals surface area (Å²) in [4.78, 5) is 18.1. The van der Waals surface area contributed by atoms with E-state index in [2.05, 4.69) is 37.7 Å². The normalized spacial score (nSPS) is 11.9. The first-order valence-corrected chi connectivity index (χ1v) is 12.2. The van der Waals surface area contributed by atoms with Crippen LogP contribution in [0.5, 0.6) is 0 Å². The van der Waals surface area contributed by atoms with Gasteiger partial charge in [0, 0.05) is 44.6 Å². The van der Waals surface area contributed by atoms with Gasteiger partial charge in [-0.25, -0.2) is 4.98 Å². The fraction of sp³-hybridized carbons (Fsp3) is 0.148. The van der Waals surface area contributed by atoms with Gasteiger partial charge in [0.2, 0.25) is 0 Å². The lowest BCUT2D eigenvalue weighted by Crippen LogP contribution is -2.23. The molecule has 0 fully saturated rings. The van der Waals surface area contributed by atoms with E-state index in [0.717, 1.165) is 31.5 Å². The SMILES string of the molecule is CC(C)c1nc2ccc(Br)cc2c(=O)n1N=Cc1cn(Cc2ccccc2Cl)c2ccccc12. The van der Waals surface area contributed by atoms with Gasteiger partial charge in [0.25, 0.3) is 5.56 Å². The number of fused-ring (bicyclic) bond motifs is 2. The number of para-hydroxylation sites is 1. The molecule has 170 valence electrons. The summed E-state index contributed by atoms with van der Waals surface area (Å²) in [7, 11) is 0. The molecule has 0 aliphatic rings. The summed E-state index contributed by atoms with van der Waals surface area (Å²) < 4.78 is 4.40. The van der Waals surface area contributed by atoms with Gasteiger partial charge in [-0.15, -0.1) is 0 Å². The standard InChI is InChI=1S/C27H22BrClN4O/c1-17(2)26-31-24-12-11-20(28)13-22(24)27(34)33(26)30-14-19-16-32(25-10-6-4-8-21(19)25)15-18-7-3-5-9-23(18)29/h3-14,16-17H,15H2,1-2H3. The van der Waals surface area contributed by atoms with Gasteiger partial charge < -0.3 is 4.57 Å². The van der Waals surface area contributed by atoms with Crippen LogP contribution in [-0.2, 0) is 6.54 Å². The van der Waals surface area contributed by atoms with Crippen molar-refractivity contribution < 1.29 is 0 Å². The maximum atomic E-state index is 13.3. The molecular formula is C27H22BrClN4O. The summed E-state index contributed by atoms with van der Waals surface area (Å²) in [5.41, 5.74) is 3.50. The molecule has 2 aromatic heterocycles. The number of rotatable bonds is 5. The van der Waals surface area contributed by atoms with Gasteiger partial charge in [-0.3, -0.25) is 4.79 Å². The molecule has 5 rings (SSSR count). The molecule has 0 bridgehead atoms. The largest absolute Gasteiger partial charge is 0.342 e. The molecule has 0 saturated carbocycles. The summed E-state index contributed by atoms with van der Waals surface area (Å²) in [5.74, 6) is 0.648. The number of halogens is 2. The Morgan fingerprint density at radius 1 is 1.06 bits per heavy atom. The van der Waals surface area contributed by atoms with Crippen LogP contribution in [0, 0.1) is 0 Å². The Hall–Kier alpha value is -3.22. The van der Waals surface area contributed by atoms with E-state index < -0.39 is 0 Å². The second-order valence-corrected chi connectivity index (χ2v) is 9.79. The van der Waals surface area contributed by atoms with Gasteiger partial charge >= 0.3 is 0 Å². The Morgan fingerprint density at radius 2 is 1.82 bits per heavy atom. The topological polar surface area (TPSA) is 52.2 Å². The highest BCUT2D eigenvalue weighted by atomic mass is 79.9. The van der Waals surface area contributed by atoms with Crippen LogP contribution in [0.25, 0.3) is 21.8 Å². The van der Waals surface area contributed by atoms with Crippen LogP contribution in [0.15, 0.2) is 87.3 Å². The second kappa shape index (κ2) is 9.20. The zero-order chi connectivity index (χ0) is 23.8. The number of benzene rings is 3. The van der Waals surface area contributed by atoms with Crippen LogP contribution < -0.4 is 5.56 Å². The molecule has 0 atom stereocenters. The zero-order valence-electron chi connectivity index (χ0n) is 18.7. The summed E-state index contributed by atoms with van der Waals surface area (Å²) in [6.07, 6.45) is 3.78. The molecule has 3 aromatic carbocycles. The number of hydrogen-bond donors (Lipinski definition) is 0. The molecule has 2 heterocycles. The zero-order valence-corrected chi connectivity index (χ0v) is 21.1. The summed E-state index contributed by atoms with van der Waals surface area (Å²) in [5, 5.41) is 6.94. The van der Waals surface area contributed by atoms with Gasteiger partial charge in [0.15, 0.2) is 0 Å². The van der Waals surface area contributed by atoms with Gasteiger partial charge in [-0.2, -0.15) is 9.78 Å². The molecule has 0 radical (unpaired) electrons. The van der Waals surface area contributed by atoms with Crippen LogP contribution in [0.3, 0.4) is 0 Å². The average molecular weight is 534 g/mol. The maximum absolute atomic E-state index is 13.3. The van der Waals surface area contributed by atoms with Crippen LogP contribution in [0.2, 0.25) is 5.02 Å². The van der Waals surface area contributed by atoms with Gasteiger partial charge in [-0.05, 0) is 35.9 Å². The Morgan fingerprint density at radius 3 is 2.62 bits per heavy atom. The Bertz CT molecular complexity index is 1620. The van der Waals surface area contributed by atoms with Gasteiger partial charge in [0.05, 0.1) is 17.1 Å². The average Bonchev–Trinajstić information content (AvgIpc) is 3.17. The van der Waals surface area contributed by atoms with Crippen molar-refractivity contribution in [3.63, 3.8) is 0 Å². The fourth-order valence-corrected chi connectivity index (χ4v) is 4.65. The van der Waals surface area contributed by atoms with E-state index in [0.29, 0.717) is 23.3 Å². The Balaban J connectivity index is 1.63. The van der Waals surface area contributed by atoms with Crippen molar-refractivity contribution in [1.29, 1.82) is 0 Å². The highest BCUT2D eigenvalue weighted by Crippen LogP contribution is 2.24. The molecule has 0 unspecified atom stereocenters. The van der Waals surface area contributed by atoms with Crippen LogP contribution in [0.1, 0.15) is 36.7 Å². The van der Waals surface area contributed by atoms with Crippen molar-refractivity contribution in [2.75, 3.05) is 0 Å². The quantitative estimate of drug-likeness (QED) is 0.233. The second-order valence-electron chi connectivity index (χ2n) is 8.47. The Kier molecular flexibility index (Phi) is 6.11. The van der Waals surface area contributed by atoms with Crippen molar-refractivity contribution >= 4 is 55.6 Å². The predicted octanol–water partition coefficient (Wildman–Crippen LogP) is 6.82. The van der Waals surface area contributed by atoms with E-state index in [9.17, 15) is 4.79 Å². The minimum absolute atomic E-state index is 0.0273. The molecule has 0 spiro atoms. The molecule has 0 N–H and O–H groups in total. The molecule has 0 amide bonds. The molecule has 0 aliphatic carbocycles. The number of hydrogen-bond acceptors (Lipinski definition) is 3. The smallest absolute Gasteiger partial charge is 0.282 e. The molecule has 7 heteroatoms. The fourth-order valence-electron chi connectivity index (χ4n) is 4.09. The molecule has 34 heavy (non-hydrogen) atoms. The van der Waals surface area contributed by atoms with Crippen LogP contribution in [0.4, 0.5) is 0 Å². The first-order valence-electron chi connectivity index (χ1n) is 11.0. The molecule has 0 saturated heterocycles. The third-order valence-electron chi connectivity index (χ3n) is 5.78. The van der Waals surface area contributed by atoms with Crippen LogP contribution in [-0.4, -0.2) is 20.4 Å². The van der Waals surface area contributed by atoms with E-state index in [1.54, 1.807) is 12.3 Å². The van der Waals surface area contributed by atoms with Crippen LogP contribution >= 0.6 is 27.5 Å². The molecule has 5 aromatic rings.